The van der Waals surface area contributed by atoms with Crippen LogP contribution in [0.4, 0.5) is 0 Å². The number of hydrogen-bond acceptors (Lipinski definition) is 9. The van der Waals surface area contributed by atoms with E-state index >= 15 is 0 Å². The van der Waals surface area contributed by atoms with Crippen LogP contribution >= 0.6 is 23.5 Å². The first-order valence-electron chi connectivity index (χ1n) is 7.57. The van der Waals surface area contributed by atoms with Gasteiger partial charge in [0, 0.05) is 46.6 Å². The van der Waals surface area contributed by atoms with Crippen molar-refractivity contribution in [2.24, 2.45) is 4.99 Å². The SMILES string of the molecule is O=[N+]([O-])CC(=NCCSCc1ccon1)NCCSCc1ccon1. The zero-order valence-electron chi connectivity index (χ0n) is 13.5. The highest BCUT2D eigenvalue weighted by Gasteiger charge is 2.07. The molecule has 11 heteroatoms. The molecule has 9 nitrogen and oxygen atoms in total. The van der Waals surface area contributed by atoms with E-state index in [1.54, 1.807) is 23.5 Å². The van der Waals surface area contributed by atoms with Crippen molar-refractivity contribution >= 4 is 29.4 Å². The summed E-state index contributed by atoms with van der Waals surface area (Å²) in [7, 11) is 0. The van der Waals surface area contributed by atoms with Crippen LogP contribution < -0.4 is 5.32 Å². The normalized spacial score (nSPS) is 11.6. The average molecular weight is 385 g/mol. The van der Waals surface area contributed by atoms with Crippen LogP contribution in [0.2, 0.25) is 0 Å². The van der Waals surface area contributed by atoms with Crippen LogP contribution in [0.5, 0.6) is 0 Å². The Morgan fingerprint density at radius 2 is 1.80 bits per heavy atom. The molecule has 0 fully saturated rings. The second-order valence-corrected chi connectivity index (χ2v) is 7.04. The van der Waals surface area contributed by atoms with E-state index in [0.717, 1.165) is 34.4 Å². The van der Waals surface area contributed by atoms with Crippen molar-refractivity contribution in [3.8, 4) is 0 Å². The zero-order valence-corrected chi connectivity index (χ0v) is 15.1. The zero-order chi connectivity index (χ0) is 17.7. The Morgan fingerprint density at radius 1 is 1.16 bits per heavy atom. The van der Waals surface area contributed by atoms with Gasteiger partial charge in [-0.25, -0.2) is 0 Å². The molecule has 0 aliphatic carbocycles. The summed E-state index contributed by atoms with van der Waals surface area (Å²) >= 11 is 3.33. The molecule has 0 aliphatic rings. The Bertz CT molecular complexity index is 634. The molecule has 0 atom stereocenters. The number of amidine groups is 1. The van der Waals surface area contributed by atoms with Gasteiger partial charge < -0.3 is 14.4 Å². The smallest absolute Gasteiger partial charge is 0.259 e. The lowest BCUT2D eigenvalue weighted by Crippen LogP contribution is -2.32. The number of rotatable bonds is 12. The quantitative estimate of drug-likeness (QED) is 0.192. The van der Waals surface area contributed by atoms with Crippen molar-refractivity contribution < 1.29 is 14.0 Å². The monoisotopic (exact) mass is 385 g/mol. The summed E-state index contributed by atoms with van der Waals surface area (Å²) in [5, 5.41) is 21.4. The molecule has 25 heavy (non-hydrogen) atoms. The van der Waals surface area contributed by atoms with Crippen molar-refractivity contribution in [1.29, 1.82) is 0 Å². The first-order chi connectivity index (χ1) is 12.2. The molecule has 2 rings (SSSR count). The van der Waals surface area contributed by atoms with E-state index in [1.165, 1.54) is 12.5 Å². The fraction of sp³-hybridized carbons (Fsp3) is 0.500. The van der Waals surface area contributed by atoms with E-state index in [-0.39, 0.29) is 11.5 Å². The van der Waals surface area contributed by atoms with Crippen LogP contribution in [0.15, 0.2) is 38.7 Å². The maximum Gasteiger partial charge on any atom is 0.259 e. The third-order valence-electron chi connectivity index (χ3n) is 2.87. The Kier molecular flexibility index (Phi) is 8.91. The van der Waals surface area contributed by atoms with Crippen LogP contribution in [0.25, 0.3) is 0 Å². The van der Waals surface area contributed by atoms with Gasteiger partial charge in [0.2, 0.25) is 0 Å². The fourth-order valence-electron chi connectivity index (χ4n) is 1.77. The van der Waals surface area contributed by atoms with Crippen molar-refractivity contribution in [1.82, 2.24) is 15.6 Å². The number of nitrogens with one attached hydrogen (secondary N) is 1. The lowest BCUT2D eigenvalue weighted by molar-refractivity contribution is -0.463. The molecule has 0 spiro atoms. The minimum atomic E-state index is -0.378. The molecular formula is C14H19N5O4S2. The lowest BCUT2D eigenvalue weighted by Gasteiger charge is -2.06. The van der Waals surface area contributed by atoms with E-state index in [4.69, 9.17) is 9.05 Å². The van der Waals surface area contributed by atoms with E-state index in [1.807, 2.05) is 12.1 Å². The summed E-state index contributed by atoms with van der Waals surface area (Å²) in [5.41, 5.74) is 1.76. The molecular weight excluding hydrogens is 366 g/mol. The predicted molar refractivity (Wildman–Crippen MR) is 97.5 cm³/mol. The van der Waals surface area contributed by atoms with Gasteiger partial charge in [-0.1, -0.05) is 10.3 Å². The number of nitrogens with zero attached hydrogens (tertiary/aromatic N) is 4. The number of aromatic nitrogens is 2. The summed E-state index contributed by atoms with van der Waals surface area (Å²) in [4.78, 5) is 14.7. The van der Waals surface area contributed by atoms with Gasteiger partial charge in [0.1, 0.15) is 12.5 Å². The van der Waals surface area contributed by atoms with Crippen LogP contribution in [-0.4, -0.2) is 52.2 Å². The van der Waals surface area contributed by atoms with Gasteiger partial charge in [-0.05, 0) is 0 Å². The molecule has 0 saturated carbocycles. The second kappa shape index (κ2) is 11.5. The number of thioether (sulfide) groups is 2. The van der Waals surface area contributed by atoms with Gasteiger partial charge in [-0.3, -0.25) is 15.1 Å². The molecule has 2 aromatic heterocycles. The number of hydrogen-bond donors (Lipinski definition) is 1. The minimum absolute atomic E-state index is 0.290. The Labute approximate surface area is 153 Å². The maximum atomic E-state index is 10.7. The maximum absolute atomic E-state index is 10.7. The lowest BCUT2D eigenvalue weighted by atomic mass is 10.5. The van der Waals surface area contributed by atoms with Crippen LogP contribution in [0.1, 0.15) is 11.4 Å². The summed E-state index contributed by atoms with van der Waals surface area (Å²) in [6, 6.07) is 3.63. The molecule has 0 amide bonds. The Morgan fingerprint density at radius 3 is 2.36 bits per heavy atom. The minimum Gasteiger partial charge on any atom is -0.368 e. The summed E-state index contributed by atoms with van der Waals surface area (Å²) < 4.78 is 9.51. The van der Waals surface area contributed by atoms with Crippen LogP contribution in [0, 0.1) is 10.1 Å². The molecule has 2 heterocycles. The Balaban J connectivity index is 1.61. The first kappa shape index (κ1) is 19.3. The molecule has 0 bridgehead atoms. The second-order valence-electron chi connectivity index (χ2n) is 4.83. The molecule has 1 N–H and O–H groups in total. The highest BCUT2D eigenvalue weighted by atomic mass is 32.2. The number of aliphatic imine (C=N–C) groups is 1. The summed E-state index contributed by atoms with van der Waals surface area (Å²) in [5.74, 6) is 3.46. The van der Waals surface area contributed by atoms with Gasteiger partial charge >= 0.3 is 0 Å². The standard InChI is InChI=1S/C14H19N5O4S2/c20-19(21)9-14(15-3-7-24-10-12-1-5-22-17-12)16-4-8-25-11-13-2-6-23-18-13/h1-2,5-6H,3-4,7-11H2,(H,15,16). The van der Waals surface area contributed by atoms with Gasteiger partial charge in [0.05, 0.1) is 17.9 Å². The van der Waals surface area contributed by atoms with E-state index in [0.29, 0.717) is 18.9 Å². The van der Waals surface area contributed by atoms with Crippen LogP contribution in [0.3, 0.4) is 0 Å². The van der Waals surface area contributed by atoms with E-state index < -0.39 is 0 Å². The Hall–Kier alpha value is -2.01. The highest BCUT2D eigenvalue weighted by molar-refractivity contribution is 7.98. The number of nitro groups is 1. The fourth-order valence-corrected chi connectivity index (χ4v) is 3.25. The van der Waals surface area contributed by atoms with Crippen molar-refractivity contribution in [3.63, 3.8) is 0 Å². The molecule has 0 saturated heterocycles. The van der Waals surface area contributed by atoms with Gasteiger partial charge in [-0.2, -0.15) is 23.5 Å². The van der Waals surface area contributed by atoms with Crippen molar-refractivity contribution in [2.75, 3.05) is 31.1 Å². The van der Waals surface area contributed by atoms with Gasteiger partial charge in [0.25, 0.3) is 6.54 Å². The topological polar surface area (TPSA) is 120 Å². The molecule has 0 radical (unpaired) electrons. The van der Waals surface area contributed by atoms with E-state index in [9.17, 15) is 10.1 Å². The molecule has 0 aliphatic heterocycles. The van der Waals surface area contributed by atoms with Gasteiger partial charge in [0.15, 0.2) is 5.84 Å². The molecule has 136 valence electrons. The molecule has 0 unspecified atom stereocenters. The van der Waals surface area contributed by atoms with Crippen molar-refractivity contribution in [3.05, 3.63) is 46.2 Å². The first-order valence-corrected chi connectivity index (χ1v) is 9.88. The highest BCUT2D eigenvalue weighted by Crippen LogP contribution is 2.10. The van der Waals surface area contributed by atoms with E-state index in [2.05, 4.69) is 20.6 Å². The van der Waals surface area contributed by atoms with Gasteiger partial charge in [-0.15, -0.1) is 0 Å². The summed E-state index contributed by atoms with van der Waals surface area (Å²) in [6.45, 7) is 0.841. The molecule has 2 aromatic rings. The van der Waals surface area contributed by atoms with Crippen LogP contribution in [-0.2, 0) is 11.5 Å². The van der Waals surface area contributed by atoms with Crippen molar-refractivity contribution in [2.45, 2.75) is 11.5 Å². The predicted octanol–water partition coefficient (Wildman–Crippen LogP) is 2.09. The third kappa shape index (κ3) is 8.59. The largest absolute Gasteiger partial charge is 0.368 e. The summed E-state index contributed by atoms with van der Waals surface area (Å²) in [6.07, 6.45) is 3.07. The molecule has 0 aromatic carbocycles. The third-order valence-corrected chi connectivity index (χ3v) is 4.84. The average Bonchev–Trinajstić information content (AvgIpc) is 3.27.